The molecule has 7 aromatic carbocycles. The van der Waals surface area contributed by atoms with Gasteiger partial charge in [-0.3, -0.25) is 0 Å². The summed E-state index contributed by atoms with van der Waals surface area (Å²) < 4.78 is 6.44. The maximum atomic E-state index is 6.44. The molecule has 0 saturated heterocycles. The largest absolute Gasteiger partial charge is 0.456 e. The van der Waals surface area contributed by atoms with E-state index < -0.39 is 0 Å². The first kappa shape index (κ1) is 25.4. The molecule has 4 nitrogen and oxygen atoms in total. The first-order valence-electron chi connectivity index (χ1n) is 15.0. The highest BCUT2D eigenvalue weighted by atomic mass is 16.3. The van der Waals surface area contributed by atoms with Crippen LogP contribution in [-0.4, -0.2) is 15.0 Å². The quantitative estimate of drug-likeness (QED) is 0.196. The van der Waals surface area contributed by atoms with E-state index in [2.05, 4.69) is 78.9 Å². The van der Waals surface area contributed by atoms with Crippen molar-refractivity contribution in [2.45, 2.75) is 0 Å². The maximum Gasteiger partial charge on any atom is 0.164 e. The van der Waals surface area contributed by atoms with E-state index in [1.54, 1.807) is 0 Å². The molecular weight excluding hydrogens is 550 g/mol. The molecule has 9 aromatic rings. The Balaban J connectivity index is 1.19. The second-order valence-electron chi connectivity index (χ2n) is 11.3. The SMILES string of the molecule is c1ccc(-c2nc(-c3ccccc3)nc(-c3ccc4oc5cc(-c6cc7ccccc7c7ccccc67)ccc5c4c3)n2)cc1. The lowest BCUT2D eigenvalue weighted by Gasteiger charge is -2.11. The van der Waals surface area contributed by atoms with Gasteiger partial charge in [0, 0.05) is 27.5 Å². The predicted octanol–water partition coefficient (Wildman–Crippen LogP) is 10.7. The molecule has 0 aliphatic heterocycles. The van der Waals surface area contributed by atoms with Gasteiger partial charge in [0.05, 0.1) is 0 Å². The fourth-order valence-corrected chi connectivity index (χ4v) is 6.31. The first-order chi connectivity index (χ1) is 22.3. The molecule has 0 saturated carbocycles. The van der Waals surface area contributed by atoms with Gasteiger partial charge in [-0.25, -0.2) is 15.0 Å². The fraction of sp³-hybridized carbons (Fsp3) is 0. The van der Waals surface area contributed by atoms with Crippen LogP contribution >= 0.6 is 0 Å². The predicted molar refractivity (Wildman–Crippen MR) is 184 cm³/mol. The highest BCUT2D eigenvalue weighted by molar-refractivity contribution is 6.15. The zero-order valence-corrected chi connectivity index (χ0v) is 24.2. The summed E-state index contributed by atoms with van der Waals surface area (Å²) in [5.41, 5.74) is 6.80. The molecule has 0 atom stereocenters. The second kappa shape index (κ2) is 10.2. The molecule has 2 aromatic heterocycles. The minimum Gasteiger partial charge on any atom is -0.456 e. The summed E-state index contributed by atoms with van der Waals surface area (Å²) >= 11 is 0. The lowest BCUT2D eigenvalue weighted by Crippen LogP contribution is -2.00. The van der Waals surface area contributed by atoms with Crippen LogP contribution in [0.25, 0.3) is 88.8 Å². The van der Waals surface area contributed by atoms with Gasteiger partial charge < -0.3 is 4.42 Å². The molecule has 0 aliphatic rings. The average molecular weight is 576 g/mol. The lowest BCUT2D eigenvalue weighted by atomic mass is 9.93. The van der Waals surface area contributed by atoms with Gasteiger partial charge in [0.15, 0.2) is 17.5 Å². The van der Waals surface area contributed by atoms with Crippen LogP contribution in [0.3, 0.4) is 0 Å². The minimum absolute atomic E-state index is 0.623. The number of benzene rings is 7. The molecule has 2 heterocycles. The average Bonchev–Trinajstić information content (AvgIpc) is 3.49. The molecular formula is C41H25N3O. The van der Waals surface area contributed by atoms with E-state index in [9.17, 15) is 0 Å². The van der Waals surface area contributed by atoms with E-state index in [1.165, 1.54) is 27.1 Å². The number of hydrogen-bond donors (Lipinski definition) is 0. The Kier molecular flexibility index (Phi) is 5.78. The van der Waals surface area contributed by atoms with E-state index in [4.69, 9.17) is 19.4 Å². The molecule has 0 spiro atoms. The van der Waals surface area contributed by atoms with Crippen LogP contribution < -0.4 is 0 Å². The summed E-state index contributed by atoms with van der Waals surface area (Å²) in [7, 11) is 0. The number of rotatable bonds is 4. The van der Waals surface area contributed by atoms with Gasteiger partial charge in [-0.15, -0.1) is 0 Å². The van der Waals surface area contributed by atoms with Crippen LogP contribution in [0.1, 0.15) is 0 Å². The smallest absolute Gasteiger partial charge is 0.164 e. The van der Waals surface area contributed by atoms with Crippen molar-refractivity contribution >= 4 is 43.5 Å². The molecule has 4 heteroatoms. The Morgan fingerprint density at radius 2 is 0.911 bits per heavy atom. The van der Waals surface area contributed by atoms with Crippen molar-refractivity contribution in [1.82, 2.24) is 15.0 Å². The highest BCUT2D eigenvalue weighted by Crippen LogP contribution is 2.39. The third-order valence-electron chi connectivity index (χ3n) is 8.51. The Morgan fingerprint density at radius 1 is 0.333 bits per heavy atom. The van der Waals surface area contributed by atoms with E-state index in [0.717, 1.165) is 44.2 Å². The zero-order valence-electron chi connectivity index (χ0n) is 24.2. The third-order valence-corrected chi connectivity index (χ3v) is 8.51. The molecule has 0 amide bonds. The number of fused-ring (bicyclic) bond motifs is 6. The van der Waals surface area contributed by atoms with Crippen LogP contribution in [0.15, 0.2) is 156 Å². The molecule has 45 heavy (non-hydrogen) atoms. The van der Waals surface area contributed by atoms with Crippen molar-refractivity contribution in [2.24, 2.45) is 0 Å². The molecule has 210 valence electrons. The monoisotopic (exact) mass is 575 g/mol. The summed E-state index contributed by atoms with van der Waals surface area (Å²) in [4.78, 5) is 14.7. The van der Waals surface area contributed by atoms with Gasteiger partial charge in [-0.05, 0) is 69.1 Å². The molecule has 9 rings (SSSR count). The van der Waals surface area contributed by atoms with Crippen LogP contribution in [0, 0.1) is 0 Å². The number of nitrogens with zero attached hydrogens (tertiary/aromatic N) is 3. The fourth-order valence-electron chi connectivity index (χ4n) is 6.31. The van der Waals surface area contributed by atoms with E-state index >= 15 is 0 Å². The Morgan fingerprint density at radius 3 is 1.62 bits per heavy atom. The van der Waals surface area contributed by atoms with Crippen molar-refractivity contribution < 1.29 is 4.42 Å². The second-order valence-corrected chi connectivity index (χ2v) is 11.3. The van der Waals surface area contributed by atoms with Crippen LogP contribution in [0.4, 0.5) is 0 Å². The van der Waals surface area contributed by atoms with Gasteiger partial charge in [0.2, 0.25) is 0 Å². The summed E-state index contributed by atoms with van der Waals surface area (Å²) in [6.45, 7) is 0. The Hall–Kier alpha value is -6.13. The van der Waals surface area contributed by atoms with E-state index in [1.807, 2.05) is 72.8 Å². The van der Waals surface area contributed by atoms with Crippen molar-refractivity contribution in [3.63, 3.8) is 0 Å². The van der Waals surface area contributed by atoms with Crippen LogP contribution in [0.2, 0.25) is 0 Å². The van der Waals surface area contributed by atoms with Crippen molar-refractivity contribution in [3.8, 4) is 45.3 Å². The van der Waals surface area contributed by atoms with Gasteiger partial charge in [-0.2, -0.15) is 0 Å². The third kappa shape index (κ3) is 4.35. The van der Waals surface area contributed by atoms with Crippen LogP contribution in [-0.2, 0) is 0 Å². The van der Waals surface area contributed by atoms with Crippen LogP contribution in [0.5, 0.6) is 0 Å². The zero-order chi connectivity index (χ0) is 29.7. The molecule has 0 N–H and O–H groups in total. The number of aromatic nitrogens is 3. The van der Waals surface area contributed by atoms with Gasteiger partial charge in [-0.1, -0.05) is 115 Å². The Bertz CT molecular complexity index is 2480. The summed E-state index contributed by atoms with van der Waals surface area (Å²) in [6.07, 6.45) is 0. The van der Waals surface area contributed by atoms with Crippen molar-refractivity contribution in [2.75, 3.05) is 0 Å². The molecule has 0 radical (unpaired) electrons. The van der Waals surface area contributed by atoms with Gasteiger partial charge in [0.1, 0.15) is 11.2 Å². The molecule has 0 aliphatic carbocycles. The van der Waals surface area contributed by atoms with Crippen molar-refractivity contribution in [3.05, 3.63) is 152 Å². The normalized spacial score (nSPS) is 11.6. The van der Waals surface area contributed by atoms with E-state index in [0.29, 0.717) is 17.5 Å². The lowest BCUT2D eigenvalue weighted by molar-refractivity contribution is 0.669. The summed E-state index contributed by atoms with van der Waals surface area (Å²) in [5.74, 6) is 1.91. The topological polar surface area (TPSA) is 51.8 Å². The number of furan rings is 1. The molecule has 0 unspecified atom stereocenters. The number of hydrogen-bond acceptors (Lipinski definition) is 4. The highest BCUT2D eigenvalue weighted by Gasteiger charge is 2.16. The summed E-state index contributed by atoms with van der Waals surface area (Å²) in [6, 6.07) is 52.3. The molecule has 0 bridgehead atoms. The van der Waals surface area contributed by atoms with Crippen molar-refractivity contribution in [1.29, 1.82) is 0 Å². The summed E-state index contributed by atoms with van der Waals surface area (Å²) in [5, 5.41) is 7.05. The minimum atomic E-state index is 0.623. The first-order valence-corrected chi connectivity index (χ1v) is 15.0. The standard InChI is InChI=1S/C41H25N3O/c1-3-11-26(12-4-1)39-42-40(27-13-5-2-6-14-27)44-41(43-39)30-20-22-37-36(24-30)34-21-19-29(25-38(34)45-37)35-23-28-15-7-8-16-31(28)32-17-9-10-18-33(32)35/h1-25H. The Labute approximate surface area is 259 Å². The molecule has 0 fully saturated rings. The van der Waals surface area contributed by atoms with Gasteiger partial charge in [0.25, 0.3) is 0 Å². The maximum absolute atomic E-state index is 6.44. The van der Waals surface area contributed by atoms with Gasteiger partial charge >= 0.3 is 0 Å². The van der Waals surface area contributed by atoms with E-state index in [-0.39, 0.29) is 0 Å².